The first-order valence-corrected chi connectivity index (χ1v) is 7.84. The Morgan fingerprint density at radius 3 is 2.60 bits per heavy atom. The van der Waals surface area contributed by atoms with Crippen LogP contribution in [0.2, 0.25) is 0 Å². The molecule has 4 nitrogen and oxygen atoms in total. The average molecular weight is 300 g/mol. The van der Waals surface area contributed by atoms with Crippen molar-refractivity contribution in [3.63, 3.8) is 0 Å². The van der Waals surface area contributed by atoms with Gasteiger partial charge in [-0.2, -0.15) is 4.31 Å². The second-order valence-corrected chi connectivity index (χ2v) is 6.60. The van der Waals surface area contributed by atoms with Gasteiger partial charge in [0.2, 0.25) is 10.0 Å². The molecule has 1 rings (SSSR count). The molecule has 20 heavy (non-hydrogen) atoms. The molecule has 0 radical (unpaired) electrons. The molecule has 0 bridgehead atoms. The molecule has 0 amide bonds. The normalized spacial score (nSPS) is 12.1. The predicted molar refractivity (Wildman–Crippen MR) is 78.4 cm³/mol. The van der Waals surface area contributed by atoms with E-state index in [-0.39, 0.29) is 17.5 Å². The van der Waals surface area contributed by atoms with Crippen molar-refractivity contribution >= 4 is 10.0 Å². The van der Waals surface area contributed by atoms with E-state index in [1.807, 2.05) is 0 Å². The summed E-state index contributed by atoms with van der Waals surface area (Å²) in [6, 6.07) is 3.59. The summed E-state index contributed by atoms with van der Waals surface area (Å²) in [4.78, 5) is 0.00222. The number of nitrogens with one attached hydrogen (secondary N) is 1. The van der Waals surface area contributed by atoms with Gasteiger partial charge in [0.05, 0.1) is 4.90 Å². The molecule has 0 fully saturated rings. The second kappa shape index (κ2) is 6.97. The molecule has 0 aliphatic heterocycles. The Morgan fingerprint density at radius 2 is 2.10 bits per heavy atom. The lowest BCUT2D eigenvalue weighted by Gasteiger charge is -2.25. The van der Waals surface area contributed by atoms with Gasteiger partial charge in [0.15, 0.2) is 0 Å². The van der Waals surface area contributed by atoms with E-state index in [9.17, 15) is 12.8 Å². The first-order chi connectivity index (χ1) is 9.34. The Labute approximate surface area is 120 Å². The standard InChI is InChI=1S/C14H21FN2O2S/c1-5-8-17(11(2)3)20(18,19)14-9-13(15)7-6-12(14)10-16-4/h5-7,9,11,16H,1,8,10H2,2-4H3. The van der Waals surface area contributed by atoms with Crippen LogP contribution in [0.1, 0.15) is 19.4 Å². The van der Waals surface area contributed by atoms with E-state index >= 15 is 0 Å². The largest absolute Gasteiger partial charge is 0.316 e. The summed E-state index contributed by atoms with van der Waals surface area (Å²) in [5, 5.41) is 2.89. The Bertz CT molecular complexity index is 571. The number of benzene rings is 1. The number of nitrogens with zero attached hydrogens (tertiary/aromatic N) is 1. The van der Waals surface area contributed by atoms with Crippen molar-refractivity contribution in [2.45, 2.75) is 31.3 Å². The van der Waals surface area contributed by atoms with E-state index in [1.165, 1.54) is 22.5 Å². The zero-order valence-electron chi connectivity index (χ0n) is 12.1. The molecule has 112 valence electrons. The zero-order chi connectivity index (χ0) is 15.3. The molecule has 0 aliphatic carbocycles. The van der Waals surface area contributed by atoms with Crippen molar-refractivity contribution in [1.82, 2.24) is 9.62 Å². The maximum absolute atomic E-state index is 13.4. The molecule has 0 aliphatic rings. The fraction of sp³-hybridized carbons (Fsp3) is 0.429. The van der Waals surface area contributed by atoms with Gasteiger partial charge in [0.25, 0.3) is 0 Å². The maximum atomic E-state index is 13.4. The molecule has 0 unspecified atom stereocenters. The van der Waals surface area contributed by atoms with E-state index in [1.54, 1.807) is 20.9 Å². The van der Waals surface area contributed by atoms with Crippen molar-refractivity contribution in [3.8, 4) is 0 Å². The van der Waals surface area contributed by atoms with Gasteiger partial charge in [-0.3, -0.25) is 0 Å². The van der Waals surface area contributed by atoms with Crippen molar-refractivity contribution in [2.24, 2.45) is 0 Å². The lowest BCUT2D eigenvalue weighted by atomic mass is 10.2. The van der Waals surface area contributed by atoms with Gasteiger partial charge in [-0.1, -0.05) is 12.1 Å². The van der Waals surface area contributed by atoms with Gasteiger partial charge in [0, 0.05) is 19.1 Å². The highest BCUT2D eigenvalue weighted by atomic mass is 32.2. The van der Waals surface area contributed by atoms with Gasteiger partial charge in [-0.25, -0.2) is 12.8 Å². The molecule has 0 spiro atoms. The fourth-order valence-corrected chi connectivity index (χ4v) is 3.79. The minimum absolute atomic E-state index is 0.00222. The molecule has 0 aromatic heterocycles. The molecular formula is C14H21FN2O2S. The smallest absolute Gasteiger partial charge is 0.244 e. The van der Waals surface area contributed by atoms with Crippen LogP contribution in [0, 0.1) is 5.82 Å². The number of sulfonamides is 1. The Morgan fingerprint density at radius 1 is 1.45 bits per heavy atom. The van der Waals surface area contributed by atoms with Gasteiger partial charge in [0.1, 0.15) is 5.82 Å². The average Bonchev–Trinajstić information content (AvgIpc) is 2.37. The van der Waals surface area contributed by atoms with Gasteiger partial charge < -0.3 is 5.32 Å². The van der Waals surface area contributed by atoms with Crippen LogP contribution in [0.5, 0.6) is 0 Å². The lowest BCUT2D eigenvalue weighted by molar-refractivity contribution is 0.382. The third kappa shape index (κ3) is 3.65. The topological polar surface area (TPSA) is 49.4 Å². The van der Waals surface area contributed by atoms with Crippen molar-refractivity contribution in [1.29, 1.82) is 0 Å². The van der Waals surface area contributed by atoms with Gasteiger partial charge in [-0.15, -0.1) is 6.58 Å². The van der Waals surface area contributed by atoms with Crippen LogP contribution in [0.15, 0.2) is 35.7 Å². The van der Waals surface area contributed by atoms with Crippen molar-refractivity contribution in [3.05, 3.63) is 42.2 Å². The van der Waals surface area contributed by atoms with Crippen molar-refractivity contribution < 1.29 is 12.8 Å². The number of rotatable bonds is 7. The van der Waals surface area contributed by atoms with E-state index in [0.717, 1.165) is 6.07 Å². The van der Waals surface area contributed by atoms with Gasteiger partial charge in [-0.05, 0) is 38.6 Å². The van der Waals surface area contributed by atoms with E-state index in [4.69, 9.17) is 0 Å². The number of hydrogen-bond donors (Lipinski definition) is 1. The molecule has 0 heterocycles. The Hall–Kier alpha value is -1.24. The summed E-state index contributed by atoms with van der Waals surface area (Å²) in [5.74, 6) is -0.564. The molecule has 1 N–H and O–H groups in total. The number of hydrogen-bond acceptors (Lipinski definition) is 3. The van der Waals surface area contributed by atoms with Crippen LogP contribution < -0.4 is 5.32 Å². The lowest BCUT2D eigenvalue weighted by Crippen LogP contribution is -2.37. The van der Waals surface area contributed by atoms with Gasteiger partial charge >= 0.3 is 0 Å². The predicted octanol–water partition coefficient (Wildman–Crippen LogP) is 2.13. The molecule has 1 aromatic carbocycles. The summed E-state index contributed by atoms with van der Waals surface area (Å²) in [6.45, 7) is 7.67. The molecule has 0 saturated carbocycles. The first kappa shape index (κ1) is 16.8. The Balaban J connectivity index is 3.39. The van der Waals surface area contributed by atoms with Crippen LogP contribution in [-0.4, -0.2) is 32.4 Å². The summed E-state index contributed by atoms with van der Waals surface area (Å²) >= 11 is 0. The molecule has 1 aromatic rings. The monoisotopic (exact) mass is 300 g/mol. The van der Waals surface area contributed by atoms with Crippen LogP contribution in [0.3, 0.4) is 0 Å². The van der Waals surface area contributed by atoms with Crippen LogP contribution in [-0.2, 0) is 16.6 Å². The fourth-order valence-electron chi connectivity index (χ4n) is 1.95. The summed E-state index contributed by atoms with van der Waals surface area (Å²) < 4.78 is 40.1. The Kier molecular flexibility index (Phi) is 5.86. The third-order valence-corrected chi connectivity index (χ3v) is 4.99. The third-order valence-electron chi connectivity index (χ3n) is 2.87. The van der Waals surface area contributed by atoms with Crippen LogP contribution >= 0.6 is 0 Å². The van der Waals surface area contributed by atoms with Crippen LogP contribution in [0.4, 0.5) is 4.39 Å². The SMILES string of the molecule is C=CCN(C(C)C)S(=O)(=O)c1cc(F)ccc1CNC. The highest BCUT2D eigenvalue weighted by Crippen LogP contribution is 2.23. The minimum atomic E-state index is -3.76. The summed E-state index contributed by atoms with van der Waals surface area (Å²) in [5.41, 5.74) is 0.545. The highest BCUT2D eigenvalue weighted by Gasteiger charge is 2.28. The summed E-state index contributed by atoms with van der Waals surface area (Å²) in [7, 11) is -2.04. The van der Waals surface area contributed by atoms with Crippen LogP contribution in [0.25, 0.3) is 0 Å². The van der Waals surface area contributed by atoms with E-state index in [2.05, 4.69) is 11.9 Å². The van der Waals surface area contributed by atoms with E-state index in [0.29, 0.717) is 12.1 Å². The summed E-state index contributed by atoms with van der Waals surface area (Å²) in [6.07, 6.45) is 1.52. The van der Waals surface area contributed by atoms with E-state index < -0.39 is 15.8 Å². The molecule has 0 atom stereocenters. The van der Waals surface area contributed by atoms with Crippen molar-refractivity contribution in [2.75, 3.05) is 13.6 Å². The maximum Gasteiger partial charge on any atom is 0.244 e. The highest BCUT2D eigenvalue weighted by molar-refractivity contribution is 7.89. The minimum Gasteiger partial charge on any atom is -0.316 e. The first-order valence-electron chi connectivity index (χ1n) is 6.40. The molecule has 0 saturated heterocycles. The quantitative estimate of drug-likeness (QED) is 0.785. The molecular weight excluding hydrogens is 279 g/mol. The second-order valence-electron chi connectivity index (χ2n) is 4.74. The number of halogens is 1. The zero-order valence-corrected chi connectivity index (χ0v) is 12.9. The molecule has 6 heteroatoms.